The van der Waals surface area contributed by atoms with Crippen LogP contribution in [-0.2, 0) is 31.0 Å². The maximum atomic E-state index is 15.9. The molecule has 7 aliphatic heterocycles. The highest BCUT2D eigenvalue weighted by Gasteiger charge is 2.48. The van der Waals surface area contributed by atoms with Crippen molar-refractivity contribution in [2.24, 2.45) is 5.92 Å². The molecule has 4 saturated heterocycles. The van der Waals surface area contributed by atoms with Crippen molar-refractivity contribution in [3.05, 3.63) is 89.4 Å². The normalized spacial score (nSPS) is 21.8. The summed E-state index contributed by atoms with van der Waals surface area (Å²) < 4.78 is 46.3. The van der Waals surface area contributed by atoms with Crippen molar-refractivity contribution in [2.45, 2.75) is 50.6 Å². The molecule has 3 N–H and O–H groups in total. The number of benzene rings is 3. The average Bonchev–Trinajstić information content (AvgIpc) is 4.09. The molecule has 7 aliphatic rings. The largest absolute Gasteiger partial charge is 0.371 e. The molecule has 0 aliphatic carbocycles. The Hall–Kier alpha value is -7.13. The van der Waals surface area contributed by atoms with Crippen LogP contribution in [0.2, 0.25) is 0 Å². The van der Waals surface area contributed by atoms with Gasteiger partial charge in [0.2, 0.25) is 23.7 Å². The molecular weight excluding hydrogens is 896 g/mol. The summed E-state index contributed by atoms with van der Waals surface area (Å²) >= 11 is 0. The Bertz CT molecular complexity index is 3090. The van der Waals surface area contributed by atoms with Gasteiger partial charge in [0.15, 0.2) is 5.82 Å². The Balaban J connectivity index is 0.619. The van der Waals surface area contributed by atoms with Crippen molar-refractivity contribution in [3.8, 4) is 0 Å². The molecule has 9 heterocycles. The molecule has 0 saturated carbocycles. The number of nitrogens with one attached hydrogen (secondary N) is 3. The van der Waals surface area contributed by atoms with Gasteiger partial charge in [-0.25, -0.2) is 8.70 Å². The van der Waals surface area contributed by atoms with E-state index in [1.807, 2.05) is 17.0 Å². The van der Waals surface area contributed by atoms with Crippen LogP contribution >= 0.6 is 0 Å². The summed E-state index contributed by atoms with van der Waals surface area (Å²) in [6.45, 7) is 5.84. The molecule has 1 atom stereocenters. The zero-order valence-electron chi connectivity index (χ0n) is 36.9. The van der Waals surface area contributed by atoms with Gasteiger partial charge in [-0.2, -0.15) is 18.4 Å². The number of aromatic amines is 1. The number of halogens is 1. The lowest BCUT2D eigenvalue weighted by atomic mass is 9.94. The van der Waals surface area contributed by atoms with Gasteiger partial charge in [-0.1, -0.05) is 12.1 Å². The number of rotatable bonds is 9. The van der Waals surface area contributed by atoms with Gasteiger partial charge in [0.1, 0.15) is 17.5 Å². The second kappa shape index (κ2) is 16.0. The molecule has 4 fully saturated rings. The van der Waals surface area contributed by atoms with Gasteiger partial charge in [0, 0.05) is 101 Å². The zero-order valence-corrected chi connectivity index (χ0v) is 37.7. The molecule has 1 unspecified atom stereocenters. The number of H-pyrrole nitrogens is 1. The number of aromatic nitrogens is 3. The maximum Gasteiger partial charge on any atom is 0.332 e. The number of imide groups is 2. The number of hydrogen-bond acceptors (Lipinski definition) is 13. The van der Waals surface area contributed by atoms with E-state index in [-0.39, 0.29) is 47.6 Å². The fraction of sp³-hybridized carbons (Fsp3) is 0.383. The van der Waals surface area contributed by atoms with Crippen LogP contribution in [-0.4, -0.2) is 139 Å². The van der Waals surface area contributed by atoms with Gasteiger partial charge >= 0.3 is 10.2 Å². The van der Waals surface area contributed by atoms with Gasteiger partial charge in [-0.15, -0.1) is 0 Å². The molecule has 5 aromatic rings. The summed E-state index contributed by atoms with van der Waals surface area (Å²) in [6.07, 6.45) is 4.63. The van der Waals surface area contributed by atoms with Crippen molar-refractivity contribution in [3.63, 3.8) is 0 Å². The third-order valence-corrected chi connectivity index (χ3v) is 16.4. The van der Waals surface area contributed by atoms with E-state index in [1.54, 1.807) is 48.7 Å². The van der Waals surface area contributed by atoms with Crippen LogP contribution < -0.4 is 29.0 Å². The molecule has 68 heavy (non-hydrogen) atoms. The molecule has 0 radical (unpaired) electrons. The van der Waals surface area contributed by atoms with Crippen LogP contribution in [0.4, 0.5) is 44.6 Å². The Kier molecular flexibility index (Phi) is 9.94. The SMILES string of the molecule is O=C1CCC(N2C(=O)c3ccc(N4CC(CC(=O)N5CCN(C6CCN(c7ccc(Nc8nc(N9c%10cccc%11c%10N(CC%11)S9(=O)=O)c9cc[nH]c9n8)cc7F)CC6)CC5)C4)cc3C2=O)C(=O)N1. The molecule has 0 spiro atoms. The quantitative estimate of drug-likeness (QED) is 0.181. The Labute approximate surface area is 390 Å². The van der Waals surface area contributed by atoms with Crippen molar-refractivity contribution >= 4 is 91.0 Å². The summed E-state index contributed by atoms with van der Waals surface area (Å²) in [5.41, 5.74) is 4.80. The molecule has 21 heteroatoms. The maximum absolute atomic E-state index is 15.9. The van der Waals surface area contributed by atoms with Gasteiger partial charge in [0.05, 0.1) is 33.6 Å². The number of piperidine rings is 2. The van der Waals surface area contributed by atoms with E-state index < -0.39 is 45.7 Å². The summed E-state index contributed by atoms with van der Waals surface area (Å²) in [7, 11) is -3.94. The second-order valence-electron chi connectivity index (χ2n) is 18.6. The molecular formula is C47H47FN12O7S. The standard InChI is InChI=1S/C47H47FN12O7S/c48-35-23-29(50-47-52-42-33(10-14-49-42)43(53-47)60-37-3-1-2-28-11-17-58(41(28)37)68(60,66)67)4-7-36(35)55-15-12-30(13-16-55)54-18-20-56(21-19-54)40(62)22-27-25-57(26-27)31-5-6-32-34(24-31)46(65)59(45(32)64)38-8-9-39(61)51-44(38)63/h1-7,10,14,23-24,27,30,38H,8-9,11-13,15-22,25-26H2,(H,51,61,63)(H2,49,50,52,53). The Morgan fingerprint density at radius 3 is 2.38 bits per heavy atom. The predicted molar refractivity (Wildman–Crippen MR) is 249 cm³/mol. The number of carbonyl (C=O) groups is 5. The summed E-state index contributed by atoms with van der Waals surface area (Å²) in [5, 5.41) is 5.86. The Morgan fingerprint density at radius 2 is 1.60 bits per heavy atom. The van der Waals surface area contributed by atoms with E-state index in [2.05, 4.69) is 40.3 Å². The van der Waals surface area contributed by atoms with Crippen molar-refractivity contribution in [2.75, 3.05) is 82.6 Å². The number of amides is 5. The van der Waals surface area contributed by atoms with Gasteiger partial charge in [0.25, 0.3) is 11.8 Å². The number of fused-ring (bicyclic) bond motifs is 2. The van der Waals surface area contributed by atoms with Crippen LogP contribution in [0.5, 0.6) is 0 Å². The number of piperazine rings is 1. The number of carbonyl (C=O) groups excluding carboxylic acids is 5. The van der Waals surface area contributed by atoms with E-state index in [4.69, 9.17) is 0 Å². The first kappa shape index (κ1) is 42.2. The monoisotopic (exact) mass is 942 g/mol. The molecule has 350 valence electrons. The van der Waals surface area contributed by atoms with E-state index in [0.717, 1.165) is 42.1 Å². The lowest BCUT2D eigenvalue weighted by molar-refractivity contribution is -0.136. The first-order valence-corrected chi connectivity index (χ1v) is 24.5. The van der Waals surface area contributed by atoms with Gasteiger partial charge in [-0.05, 0) is 79.8 Å². The van der Waals surface area contributed by atoms with Crippen LogP contribution in [0.1, 0.15) is 58.4 Å². The highest BCUT2D eigenvalue weighted by atomic mass is 32.2. The molecule has 3 aromatic carbocycles. The first-order valence-electron chi connectivity index (χ1n) is 23.1. The highest BCUT2D eigenvalue weighted by molar-refractivity contribution is 7.95. The molecule has 0 bridgehead atoms. The smallest absolute Gasteiger partial charge is 0.332 e. The number of para-hydroxylation sites is 1. The van der Waals surface area contributed by atoms with Gasteiger partial charge in [-0.3, -0.25) is 43.4 Å². The van der Waals surface area contributed by atoms with Gasteiger partial charge < -0.3 is 25.0 Å². The third kappa shape index (κ3) is 6.91. The van der Waals surface area contributed by atoms with Crippen LogP contribution in [0, 0.1) is 11.7 Å². The van der Waals surface area contributed by atoms with Crippen molar-refractivity contribution < 1.29 is 36.8 Å². The summed E-state index contributed by atoms with van der Waals surface area (Å²) in [5.74, 6) is -1.93. The molecule has 2 aromatic heterocycles. The Morgan fingerprint density at radius 1 is 0.809 bits per heavy atom. The number of hydrogen-bond donors (Lipinski definition) is 3. The number of nitrogens with zero attached hydrogens (tertiary/aromatic N) is 9. The van der Waals surface area contributed by atoms with Crippen LogP contribution in [0.25, 0.3) is 11.0 Å². The minimum Gasteiger partial charge on any atom is -0.371 e. The first-order chi connectivity index (χ1) is 32.9. The molecule has 12 rings (SSSR count). The van der Waals surface area contributed by atoms with Crippen LogP contribution in [0.15, 0.2) is 66.9 Å². The summed E-state index contributed by atoms with van der Waals surface area (Å²) in [6, 6.07) is 16.6. The predicted octanol–water partition coefficient (Wildman–Crippen LogP) is 3.64. The molecule has 5 amide bonds. The van der Waals surface area contributed by atoms with E-state index in [1.165, 1.54) is 14.7 Å². The lowest BCUT2D eigenvalue weighted by Crippen LogP contribution is -2.55. The second-order valence-corrected chi connectivity index (χ2v) is 20.3. The average molecular weight is 943 g/mol. The fourth-order valence-corrected chi connectivity index (χ4v) is 12.8. The number of anilines is 7. The highest BCUT2D eigenvalue weighted by Crippen LogP contribution is 2.51. The van der Waals surface area contributed by atoms with Crippen molar-refractivity contribution in [1.29, 1.82) is 0 Å². The fourth-order valence-electron chi connectivity index (χ4n) is 11.1. The van der Waals surface area contributed by atoms with E-state index in [0.29, 0.717) is 98.5 Å². The summed E-state index contributed by atoms with van der Waals surface area (Å²) in [4.78, 5) is 85.7. The third-order valence-electron chi connectivity index (χ3n) is 14.6. The van der Waals surface area contributed by atoms with Crippen LogP contribution in [0.3, 0.4) is 0 Å². The molecule has 19 nitrogen and oxygen atoms in total. The topological polar surface area (TPSA) is 208 Å². The van der Waals surface area contributed by atoms with E-state index >= 15 is 4.39 Å². The minimum absolute atomic E-state index is 0.0590. The van der Waals surface area contributed by atoms with Crippen molar-refractivity contribution in [1.82, 2.24) is 35.0 Å². The lowest BCUT2D eigenvalue weighted by Gasteiger charge is -2.44. The zero-order chi connectivity index (χ0) is 46.6. The van der Waals surface area contributed by atoms with E-state index in [9.17, 15) is 32.4 Å². The minimum atomic E-state index is -3.94.